The summed E-state index contributed by atoms with van der Waals surface area (Å²) in [6.45, 7) is 3.85. The summed E-state index contributed by atoms with van der Waals surface area (Å²) in [5.74, 6) is -0.0224. The monoisotopic (exact) mass is 259 g/mol. The molecule has 0 atom stereocenters. The summed E-state index contributed by atoms with van der Waals surface area (Å²) in [5, 5.41) is 2.23. The standard InChI is InChI=1S/C14H13NO2S/c1-10-3-5-12(6-4-10)13(16)7-8-18-14-15-11(2)9-17-14/h3-9H,1-2H3/b8-7+. The van der Waals surface area contributed by atoms with Crippen molar-refractivity contribution in [2.75, 3.05) is 0 Å². The van der Waals surface area contributed by atoms with Gasteiger partial charge in [0.15, 0.2) is 5.78 Å². The summed E-state index contributed by atoms with van der Waals surface area (Å²) in [7, 11) is 0. The second kappa shape index (κ2) is 5.69. The molecule has 0 N–H and O–H groups in total. The van der Waals surface area contributed by atoms with E-state index in [-0.39, 0.29) is 5.78 Å². The van der Waals surface area contributed by atoms with Gasteiger partial charge in [0.1, 0.15) is 6.26 Å². The lowest BCUT2D eigenvalue weighted by Gasteiger charge is -1.96. The summed E-state index contributed by atoms with van der Waals surface area (Å²) >= 11 is 1.29. The zero-order chi connectivity index (χ0) is 13.0. The maximum Gasteiger partial charge on any atom is 0.260 e. The molecule has 0 saturated carbocycles. The molecule has 1 aromatic heterocycles. The molecule has 0 spiro atoms. The van der Waals surface area contributed by atoms with Crippen LogP contribution in [0, 0.1) is 13.8 Å². The average molecular weight is 259 g/mol. The minimum Gasteiger partial charge on any atom is -0.439 e. The van der Waals surface area contributed by atoms with Crippen LogP contribution in [0.3, 0.4) is 0 Å². The van der Waals surface area contributed by atoms with Gasteiger partial charge >= 0.3 is 0 Å². The zero-order valence-corrected chi connectivity index (χ0v) is 11.0. The first-order chi connectivity index (χ1) is 8.65. The molecule has 92 valence electrons. The van der Waals surface area contributed by atoms with Crippen molar-refractivity contribution >= 4 is 17.5 Å². The molecular formula is C14H13NO2S. The Hall–Kier alpha value is -1.81. The molecule has 0 amide bonds. The lowest BCUT2D eigenvalue weighted by molar-refractivity contribution is 0.104. The van der Waals surface area contributed by atoms with Gasteiger partial charge < -0.3 is 4.42 Å². The minimum absolute atomic E-state index is 0.0224. The van der Waals surface area contributed by atoms with Crippen LogP contribution in [0.2, 0.25) is 0 Å². The molecule has 0 bridgehead atoms. The number of aryl methyl sites for hydroxylation is 2. The fourth-order valence-electron chi connectivity index (χ4n) is 1.35. The number of rotatable bonds is 4. The van der Waals surface area contributed by atoms with Gasteiger partial charge in [-0.05, 0) is 37.1 Å². The third kappa shape index (κ3) is 3.34. The zero-order valence-electron chi connectivity index (χ0n) is 10.2. The van der Waals surface area contributed by atoms with Crippen molar-refractivity contribution in [1.82, 2.24) is 4.98 Å². The molecule has 0 saturated heterocycles. The summed E-state index contributed by atoms with van der Waals surface area (Å²) < 4.78 is 5.16. The van der Waals surface area contributed by atoms with E-state index in [9.17, 15) is 4.79 Å². The van der Waals surface area contributed by atoms with Gasteiger partial charge in [-0.2, -0.15) is 0 Å². The number of hydrogen-bond donors (Lipinski definition) is 0. The van der Waals surface area contributed by atoms with Crippen molar-refractivity contribution in [2.24, 2.45) is 0 Å². The predicted octanol–water partition coefficient (Wildman–Crippen LogP) is 3.78. The van der Waals surface area contributed by atoms with E-state index >= 15 is 0 Å². The second-order valence-electron chi connectivity index (χ2n) is 3.91. The number of hydrogen-bond acceptors (Lipinski definition) is 4. The maximum atomic E-state index is 11.8. The first kappa shape index (κ1) is 12.6. The van der Waals surface area contributed by atoms with Gasteiger partial charge in [-0.3, -0.25) is 4.79 Å². The van der Waals surface area contributed by atoms with Crippen LogP contribution in [-0.2, 0) is 0 Å². The summed E-state index contributed by atoms with van der Waals surface area (Å²) in [5.41, 5.74) is 2.65. The molecule has 0 fully saturated rings. The Labute approximate surface area is 110 Å². The Morgan fingerprint density at radius 3 is 2.61 bits per heavy atom. The normalized spacial score (nSPS) is 11.0. The number of oxazole rings is 1. The fraction of sp³-hybridized carbons (Fsp3) is 0.143. The van der Waals surface area contributed by atoms with Crippen molar-refractivity contribution in [3.8, 4) is 0 Å². The maximum absolute atomic E-state index is 11.8. The number of carbonyl (C=O) groups is 1. The number of allylic oxidation sites excluding steroid dienone is 1. The van der Waals surface area contributed by atoms with Gasteiger partial charge in [-0.25, -0.2) is 4.98 Å². The molecule has 18 heavy (non-hydrogen) atoms. The van der Waals surface area contributed by atoms with Gasteiger partial charge in [0.05, 0.1) is 5.69 Å². The third-order valence-corrected chi connectivity index (χ3v) is 2.98. The lowest BCUT2D eigenvalue weighted by Crippen LogP contribution is -1.93. The van der Waals surface area contributed by atoms with Crippen LogP contribution >= 0.6 is 11.8 Å². The molecule has 0 aliphatic carbocycles. The summed E-state index contributed by atoms with van der Waals surface area (Å²) in [6.07, 6.45) is 3.10. The van der Waals surface area contributed by atoms with E-state index in [0.29, 0.717) is 10.8 Å². The van der Waals surface area contributed by atoms with E-state index in [1.54, 1.807) is 11.7 Å². The van der Waals surface area contributed by atoms with Crippen molar-refractivity contribution < 1.29 is 9.21 Å². The van der Waals surface area contributed by atoms with Crippen LogP contribution in [0.25, 0.3) is 0 Å². The largest absolute Gasteiger partial charge is 0.439 e. The van der Waals surface area contributed by atoms with E-state index in [0.717, 1.165) is 11.3 Å². The number of nitrogens with zero attached hydrogens (tertiary/aromatic N) is 1. The molecule has 0 radical (unpaired) electrons. The highest BCUT2D eigenvalue weighted by Gasteiger charge is 2.02. The number of ketones is 1. The average Bonchev–Trinajstić information content (AvgIpc) is 2.76. The number of thioether (sulfide) groups is 1. The van der Waals surface area contributed by atoms with Gasteiger partial charge in [0.2, 0.25) is 0 Å². The number of aromatic nitrogens is 1. The molecule has 1 heterocycles. The van der Waals surface area contributed by atoms with Gasteiger partial charge in [0, 0.05) is 5.56 Å². The van der Waals surface area contributed by atoms with Crippen molar-refractivity contribution in [3.63, 3.8) is 0 Å². The van der Waals surface area contributed by atoms with Crippen LogP contribution in [0.1, 0.15) is 21.6 Å². The quantitative estimate of drug-likeness (QED) is 0.476. The van der Waals surface area contributed by atoms with Crippen LogP contribution in [0.5, 0.6) is 0 Å². The summed E-state index contributed by atoms with van der Waals surface area (Å²) in [4.78, 5) is 15.9. The van der Waals surface area contributed by atoms with Crippen LogP contribution < -0.4 is 0 Å². The first-order valence-electron chi connectivity index (χ1n) is 5.51. The Bertz CT molecular complexity index is 570. The first-order valence-corrected chi connectivity index (χ1v) is 6.39. The van der Waals surface area contributed by atoms with Gasteiger partial charge in [0.25, 0.3) is 5.22 Å². The van der Waals surface area contributed by atoms with Crippen molar-refractivity contribution in [3.05, 3.63) is 58.8 Å². The van der Waals surface area contributed by atoms with Crippen LogP contribution in [-0.4, -0.2) is 10.8 Å². The topological polar surface area (TPSA) is 43.1 Å². The second-order valence-corrected chi connectivity index (χ2v) is 4.76. The van der Waals surface area contributed by atoms with E-state index in [1.807, 2.05) is 38.1 Å². The SMILES string of the molecule is Cc1ccc(C(=O)/C=C/Sc2nc(C)co2)cc1. The van der Waals surface area contributed by atoms with E-state index in [1.165, 1.54) is 17.8 Å². The fourth-order valence-corrected chi connectivity index (χ4v) is 1.96. The molecule has 0 unspecified atom stereocenters. The predicted molar refractivity (Wildman–Crippen MR) is 71.7 cm³/mol. The lowest BCUT2D eigenvalue weighted by atomic mass is 10.1. The van der Waals surface area contributed by atoms with E-state index < -0.39 is 0 Å². The van der Waals surface area contributed by atoms with Gasteiger partial charge in [-0.15, -0.1) is 0 Å². The van der Waals surface area contributed by atoms with E-state index in [4.69, 9.17) is 4.42 Å². The van der Waals surface area contributed by atoms with Crippen LogP contribution in [0.15, 0.2) is 51.7 Å². The third-order valence-electron chi connectivity index (χ3n) is 2.32. The molecular weight excluding hydrogens is 246 g/mol. The van der Waals surface area contributed by atoms with Crippen molar-refractivity contribution in [2.45, 2.75) is 19.1 Å². The highest BCUT2D eigenvalue weighted by molar-refractivity contribution is 8.01. The Morgan fingerprint density at radius 1 is 1.28 bits per heavy atom. The van der Waals surface area contributed by atoms with E-state index in [2.05, 4.69) is 4.98 Å². The Kier molecular flexibility index (Phi) is 3.99. The number of carbonyl (C=O) groups excluding carboxylic acids is 1. The highest BCUT2D eigenvalue weighted by Crippen LogP contribution is 2.18. The molecule has 0 aliphatic heterocycles. The molecule has 4 heteroatoms. The van der Waals surface area contributed by atoms with Crippen LogP contribution in [0.4, 0.5) is 0 Å². The van der Waals surface area contributed by atoms with Gasteiger partial charge in [-0.1, -0.05) is 29.8 Å². The molecule has 1 aromatic carbocycles. The molecule has 2 rings (SSSR count). The summed E-state index contributed by atoms with van der Waals surface area (Å²) in [6, 6.07) is 7.49. The molecule has 0 aliphatic rings. The molecule has 3 nitrogen and oxygen atoms in total. The molecule has 2 aromatic rings. The number of benzene rings is 1. The smallest absolute Gasteiger partial charge is 0.260 e. The highest BCUT2D eigenvalue weighted by atomic mass is 32.2. The Morgan fingerprint density at radius 2 is 2.00 bits per heavy atom. The van der Waals surface area contributed by atoms with Crippen molar-refractivity contribution in [1.29, 1.82) is 0 Å². The Balaban J connectivity index is 1.97. The minimum atomic E-state index is -0.0224.